The number of aliphatic hydroxyl groups is 3. The van der Waals surface area contributed by atoms with Crippen molar-refractivity contribution in [2.75, 3.05) is 6.61 Å². The Balaban J connectivity index is 2.65. The number of hydrogen-bond acceptors (Lipinski definition) is 8. The Labute approximate surface area is 111 Å². The van der Waals surface area contributed by atoms with Gasteiger partial charge in [-0.25, -0.2) is 4.79 Å². The molecule has 0 saturated carbocycles. The first-order valence-electron chi connectivity index (χ1n) is 5.69. The fraction of sp³-hybridized carbons (Fsp3) is 0.600. The second-order valence-electron chi connectivity index (χ2n) is 4.38. The summed E-state index contributed by atoms with van der Waals surface area (Å²) in [5, 5.41) is 32.3. The summed E-state index contributed by atoms with van der Waals surface area (Å²) < 4.78 is 5.61. The average molecular weight is 287 g/mol. The Morgan fingerprint density at radius 1 is 1.55 bits per heavy atom. The van der Waals surface area contributed by atoms with E-state index in [1.54, 1.807) is 0 Å². The van der Waals surface area contributed by atoms with E-state index < -0.39 is 47.7 Å². The second-order valence-corrected chi connectivity index (χ2v) is 4.38. The van der Waals surface area contributed by atoms with Gasteiger partial charge in [-0.2, -0.15) is 9.78 Å². The summed E-state index contributed by atoms with van der Waals surface area (Å²) in [6.07, 6.45) is -3.96. The van der Waals surface area contributed by atoms with Crippen LogP contribution in [0.15, 0.2) is 15.8 Å². The summed E-state index contributed by atoms with van der Waals surface area (Å²) in [4.78, 5) is 36.4. The van der Waals surface area contributed by atoms with Crippen molar-refractivity contribution in [3.05, 3.63) is 27.0 Å². The van der Waals surface area contributed by atoms with Crippen molar-refractivity contribution in [3.63, 3.8) is 0 Å². The molecule has 0 aliphatic carbocycles. The minimum Gasteiger partial charge on any atom is -0.394 e. The van der Waals surface area contributed by atoms with Crippen LogP contribution >= 0.6 is 0 Å². The van der Waals surface area contributed by atoms with Crippen molar-refractivity contribution in [3.8, 4) is 0 Å². The molecule has 0 amide bonds. The molecule has 0 spiro atoms. The van der Waals surface area contributed by atoms with E-state index in [9.17, 15) is 24.6 Å². The zero-order chi connectivity index (χ0) is 15.1. The molecule has 2 rings (SSSR count). The monoisotopic (exact) mass is 287 g/mol. The van der Waals surface area contributed by atoms with E-state index in [2.05, 4.69) is 5.10 Å². The molecule has 110 valence electrons. The van der Waals surface area contributed by atoms with Crippen molar-refractivity contribution >= 4 is 5.78 Å². The predicted molar refractivity (Wildman–Crippen MR) is 61.7 cm³/mol. The molecule has 4 N–H and O–H groups in total. The molecule has 20 heavy (non-hydrogen) atoms. The number of ketones is 1. The molecule has 10 heteroatoms. The van der Waals surface area contributed by atoms with Gasteiger partial charge < -0.3 is 20.1 Å². The molecule has 1 saturated heterocycles. The molecule has 1 aliphatic heterocycles. The van der Waals surface area contributed by atoms with Crippen molar-refractivity contribution in [2.24, 2.45) is 0 Å². The lowest BCUT2D eigenvalue weighted by Gasteiger charge is -2.29. The van der Waals surface area contributed by atoms with E-state index in [1.807, 2.05) is 4.98 Å². The minimum absolute atomic E-state index is 0.445. The van der Waals surface area contributed by atoms with Gasteiger partial charge in [0.1, 0.15) is 24.5 Å². The fourth-order valence-electron chi connectivity index (χ4n) is 2.16. The highest BCUT2D eigenvalue weighted by molar-refractivity contribution is 5.83. The van der Waals surface area contributed by atoms with E-state index in [0.29, 0.717) is 4.68 Å². The highest BCUT2D eigenvalue weighted by Gasteiger charge is 2.60. The summed E-state index contributed by atoms with van der Waals surface area (Å²) in [5.74, 6) is -0.818. The number of nitrogens with zero attached hydrogens (tertiary/aromatic N) is 2. The summed E-state index contributed by atoms with van der Waals surface area (Å²) in [7, 11) is 0. The number of carbonyl (C=O) groups is 1. The van der Waals surface area contributed by atoms with Crippen LogP contribution in [0.5, 0.6) is 0 Å². The summed E-state index contributed by atoms with van der Waals surface area (Å²) in [5.41, 5.74) is -4.18. The van der Waals surface area contributed by atoms with Gasteiger partial charge in [-0.15, -0.1) is 0 Å². The quantitative estimate of drug-likeness (QED) is 0.442. The molecule has 2 heterocycles. The van der Waals surface area contributed by atoms with Crippen molar-refractivity contribution in [1.29, 1.82) is 0 Å². The Morgan fingerprint density at radius 2 is 2.20 bits per heavy atom. The van der Waals surface area contributed by atoms with Crippen molar-refractivity contribution in [2.45, 2.75) is 31.0 Å². The van der Waals surface area contributed by atoms with E-state index >= 15 is 0 Å². The number of Topliss-reactive ketones (excluding diaryl/α,β-unsaturated/α-hetero) is 1. The van der Waals surface area contributed by atoms with Crippen LogP contribution in [0.1, 0.15) is 6.92 Å². The first kappa shape index (κ1) is 14.5. The van der Waals surface area contributed by atoms with E-state index in [4.69, 9.17) is 9.84 Å². The van der Waals surface area contributed by atoms with Gasteiger partial charge >= 0.3 is 5.69 Å². The van der Waals surface area contributed by atoms with Crippen molar-refractivity contribution < 1.29 is 24.9 Å². The molecule has 1 aromatic heterocycles. The number of aromatic amines is 1. The molecule has 0 bridgehead atoms. The van der Waals surface area contributed by atoms with Crippen LogP contribution in [0.3, 0.4) is 0 Å². The molecule has 4 atom stereocenters. The number of aromatic nitrogens is 3. The highest BCUT2D eigenvalue weighted by Crippen LogP contribution is 2.34. The Morgan fingerprint density at radius 3 is 2.65 bits per heavy atom. The summed E-state index contributed by atoms with van der Waals surface area (Å²) in [6.45, 7) is 0.348. The fourth-order valence-corrected chi connectivity index (χ4v) is 2.16. The molecule has 10 nitrogen and oxygen atoms in total. The van der Waals surface area contributed by atoms with Crippen LogP contribution in [0.4, 0.5) is 0 Å². The number of carbonyl (C=O) groups excluding carboxylic acids is 1. The SMILES string of the molecule is CC(=O)[C@@]1(n2ncc(=O)[nH]c2=O)O[C@H](CO)[C@@H](O)[C@H]1O. The third-order valence-electron chi connectivity index (χ3n) is 3.15. The maximum Gasteiger partial charge on any atom is 0.347 e. The van der Waals surface area contributed by atoms with Crippen LogP contribution in [0, 0.1) is 0 Å². The standard InChI is InChI=1S/C10H13N3O7/c1-4(15)10(8(18)7(17)5(3-14)20-10)13-9(19)12-6(16)2-11-13/h2,5,7-8,14,17-18H,3H2,1H3,(H,12,16,19)/t5-,7-,8-,10-/m1/s1. The largest absolute Gasteiger partial charge is 0.394 e. The Bertz CT molecular complexity index is 638. The van der Waals surface area contributed by atoms with Crippen LogP contribution in [-0.4, -0.2) is 60.8 Å². The van der Waals surface area contributed by atoms with Crippen LogP contribution in [0.2, 0.25) is 0 Å². The lowest BCUT2D eigenvalue weighted by Crippen LogP contribution is -2.57. The maximum atomic E-state index is 11.9. The number of ether oxygens (including phenoxy) is 1. The smallest absolute Gasteiger partial charge is 0.347 e. The maximum absolute atomic E-state index is 11.9. The molecule has 0 unspecified atom stereocenters. The van der Waals surface area contributed by atoms with Gasteiger partial charge in [0.2, 0.25) is 0 Å². The van der Waals surface area contributed by atoms with E-state index in [-0.39, 0.29) is 0 Å². The number of hydrogen-bond donors (Lipinski definition) is 4. The predicted octanol–water partition coefficient (Wildman–Crippen LogP) is -3.71. The number of H-pyrrole nitrogens is 1. The molecule has 1 aliphatic rings. The number of nitrogens with one attached hydrogen (secondary N) is 1. The van der Waals surface area contributed by atoms with Gasteiger partial charge in [-0.1, -0.05) is 0 Å². The lowest BCUT2D eigenvalue weighted by atomic mass is 9.99. The summed E-state index contributed by atoms with van der Waals surface area (Å²) >= 11 is 0. The van der Waals surface area contributed by atoms with E-state index in [1.165, 1.54) is 0 Å². The van der Waals surface area contributed by atoms with Gasteiger partial charge in [-0.05, 0) is 6.92 Å². The van der Waals surface area contributed by atoms with Gasteiger partial charge in [0, 0.05) is 0 Å². The van der Waals surface area contributed by atoms with Gasteiger partial charge in [-0.3, -0.25) is 14.6 Å². The highest BCUT2D eigenvalue weighted by atomic mass is 16.6. The normalized spacial score (nSPS) is 33.3. The van der Waals surface area contributed by atoms with Crippen LogP contribution < -0.4 is 11.2 Å². The zero-order valence-electron chi connectivity index (χ0n) is 10.4. The number of rotatable bonds is 3. The Kier molecular flexibility index (Phi) is 3.56. The number of aliphatic hydroxyl groups excluding tert-OH is 3. The third-order valence-corrected chi connectivity index (χ3v) is 3.15. The second kappa shape index (κ2) is 4.90. The topological polar surface area (TPSA) is 155 Å². The lowest BCUT2D eigenvalue weighted by molar-refractivity contribution is -0.177. The van der Waals surface area contributed by atoms with Crippen LogP contribution in [-0.2, 0) is 15.3 Å². The van der Waals surface area contributed by atoms with Gasteiger partial charge in [0.05, 0.1) is 6.61 Å². The van der Waals surface area contributed by atoms with Gasteiger partial charge in [0.25, 0.3) is 11.3 Å². The summed E-state index contributed by atoms with van der Waals surface area (Å²) in [6, 6.07) is 0. The minimum atomic E-state index is -2.30. The molecular weight excluding hydrogens is 274 g/mol. The Hall–Kier alpha value is -1.88. The van der Waals surface area contributed by atoms with E-state index in [0.717, 1.165) is 13.1 Å². The third kappa shape index (κ3) is 1.89. The first-order valence-corrected chi connectivity index (χ1v) is 5.69. The van der Waals surface area contributed by atoms with Crippen molar-refractivity contribution in [1.82, 2.24) is 14.8 Å². The average Bonchev–Trinajstić information content (AvgIpc) is 2.64. The molecule has 1 aromatic rings. The van der Waals surface area contributed by atoms with Gasteiger partial charge in [0.15, 0.2) is 5.78 Å². The van der Waals surface area contributed by atoms with Crippen LogP contribution in [0.25, 0.3) is 0 Å². The molecule has 1 fully saturated rings. The molecule has 0 radical (unpaired) electrons. The first-order chi connectivity index (χ1) is 9.34. The molecular formula is C10H13N3O7. The molecule has 0 aromatic carbocycles. The zero-order valence-corrected chi connectivity index (χ0v) is 10.4.